The van der Waals surface area contributed by atoms with Gasteiger partial charge in [0.15, 0.2) is 11.5 Å². The smallest absolute Gasteiger partial charge is 0.261 e. The van der Waals surface area contributed by atoms with Crippen molar-refractivity contribution in [1.29, 1.82) is 5.26 Å². The van der Waals surface area contributed by atoms with Gasteiger partial charge in [0.1, 0.15) is 18.2 Å². The molecule has 0 saturated carbocycles. The number of carbonyl (C=O) groups excluding carboxylic acids is 1. The molecule has 8 heteroatoms. The summed E-state index contributed by atoms with van der Waals surface area (Å²) in [4.78, 5) is 12.5. The minimum atomic E-state index is -0.423. The number of benzene rings is 3. The lowest BCUT2D eigenvalue weighted by Gasteiger charge is -2.14. The van der Waals surface area contributed by atoms with E-state index >= 15 is 0 Å². The van der Waals surface area contributed by atoms with Gasteiger partial charge in [-0.1, -0.05) is 59.6 Å². The number of nitrogens with one attached hydrogen (secondary N) is 1. The number of hydrogen-bond donors (Lipinski definition) is 1. The number of aryl methyl sites for hydroxylation is 1. The molecule has 0 fully saturated rings. The molecular formula is C27H23BrCl2N2O3. The first-order valence-corrected chi connectivity index (χ1v) is 12.3. The highest BCUT2D eigenvalue weighted by molar-refractivity contribution is 9.10. The predicted octanol–water partition coefficient (Wildman–Crippen LogP) is 7.00. The van der Waals surface area contributed by atoms with Gasteiger partial charge in [0, 0.05) is 22.2 Å². The largest absolute Gasteiger partial charge is 0.493 e. The lowest BCUT2D eigenvalue weighted by molar-refractivity contribution is -0.117. The molecule has 0 bridgehead atoms. The van der Waals surface area contributed by atoms with E-state index < -0.39 is 5.91 Å². The Morgan fingerprint density at radius 2 is 1.91 bits per heavy atom. The van der Waals surface area contributed by atoms with Crippen molar-refractivity contribution in [2.75, 3.05) is 13.7 Å². The summed E-state index contributed by atoms with van der Waals surface area (Å²) < 4.78 is 12.0. The molecule has 3 aromatic carbocycles. The van der Waals surface area contributed by atoms with Gasteiger partial charge in [-0.25, -0.2) is 0 Å². The van der Waals surface area contributed by atoms with Crippen molar-refractivity contribution < 1.29 is 14.3 Å². The van der Waals surface area contributed by atoms with Gasteiger partial charge >= 0.3 is 0 Å². The molecule has 180 valence electrons. The fraction of sp³-hybridized carbons (Fsp3) is 0.185. The van der Waals surface area contributed by atoms with E-state index in [1.165, 1.54) is 18.7 Å². The molecule has 0 radical (unpaired) electrons. The third-order valence-electron chi connectivity index (χ3n) is 5.09. The van der Waals surface area contributed by atoms with Crippen molar-refractivity contribution in [3.8, 4) is 17.6 Å². The summed E-state index contributed by atoms with van der Waals surface area (Å²) in [5.41, 5.74) is 2.59. The first-order chi connectivity index (χ1) is 16.9. The molecule has 1 amide bonds. The van der Waals surface area contributed by atoms with E-state index in [-0.39, 0.29) is 12.2 Å². The maximum Gasteiger partial charge on any atom is 0.261 e. The van der Waals surface area contributed by atoms with Crippen LogP contribution >= 0.6 is 39.1 Å². The van der Waals surface area contributed by atoms with Gasteiger partial charge in [0.2, 0.25) is 0 Å². The molecule has 5 nitrogen and oxygen atoms in total. The summed E-state index contributed by atoms with van der Waals surface area (Å²) in [7, 11) is 1.52. The van der Waals surface area contributed by atoms with E-state index in [1.54, 1.807) is 30.3 Å². The highest BCUT2D eigenvalue weighted by Gasteiger charge is 2.15. The second-order valence-electron chi connectivity index (χ2n) is 7.57. The first-order valence-electron chi connectivity index (χ1n) is 10.8. The van der Waals surface area contributed by atoms with E-state index in [4.69, 9.17) is 32.7 Å². The number of carbonyl (C=O) groups is 1. The SMILES string of the molecule is COc1cc(/C=C(/C#N)C(=O)NCCCc2ccccc2)cc(Br)c1OCc1ccc(Cl)cc1Cl. The zero-order chi connectivity index (χ0) is 25.2. The van der Waals surface area contributed by atoms with Gasteiger partial charge in [0.25, 0.3) is 5.91 Å². The number of nitriles is 1. The van der Waals surface area contributed by atoms with E-state index in [2.05, 4.69) is 21.2 Å². The second-order valence-corrected chi connectivity index (χ2v) is 9.27. The molecule has 35 heavy (non-hydrogen) atoms. The molecule has 0 atom stereocenters. The molecule has 0 aliphatic rings. The Morgan fingerprint density at radius 3 is 2.60 bits per heavy atom. The number of methoxy groups -OCH3 is 1. The third kappa shape index (κ3) is 7.76. The fourth-order valence-corrected chi connectivity index (χ4v) is 4.34. The highest BCUT2D eigenvalue weighted by atomic mass is 79.9. The molecule has 0 aliphatic heterocycles. The predicted molar refractivity (Wildman–Crippen MR) is 143 cm³/mol. The van der Waals surface area contributed by atoms with E-state index in [9.17, 15) is 10.1 Å². The maximum atomic E-state index is 12.5. The van der Waals surface area contributed by atoms with E-state index in [0.717, 1.165) is 18.4 Å². The Labute approximate surface area is 223 Å². The third-order valence-corrected chi connectivity index (χ3v) is 6.26. The Bertz CT molecular complexity index is 1260. The van der Waals surface area contributed by atoms with Crippen molar-refractivity contribution in [1.82, 2.24) is 5.32 Å². The average molecular weight is 574 g/mol. The standard InChI is InChI=1S/C27H23BrCl2N2O3/c1-34-25-14-19(13-23(28)26(25)35-17-20-9-10-22(29)15-24(20)30)12-21(16-31)27(33)32-11-5-8-18-6-3-2-4-7-18/h2-4,6-7,9-10,12-15H,5,8,11,17H2,1H3,(H,32,33)/b21-12-. The number of amides is 1. The molecule has 1 N–H and O–H groups in total. The van der Waals surface area contributed by atoms with Crippen molar-refractivity contribution in [2.45, 2.75) is 19.4 Å². The molecule has 0 heterocycles. The van der Waals surface area contributed by atoms with Crippen LogP contribution in [0.15, 0.2) is 70.7 Å². The summed E-state index contributed by atoms with van der Waals surface area (Å²) in [6, 6.07) is 20.6. The minimum absolute atomic E-state index is 0.000258. The Morgan fingerprint density at radius 1 is 1.14 bits per heavy atom. The van der Waals surface area contributed by atoms with Crippen LogP contribution < -0.4 is 14.8 Å². The van der Waals surface area contributed by atoms with Gasteiger partial charge in [-0.3, -0.25) is 4.79 Å². The van der Waals surface area contributed by atoms with Crippen LogP contribution in [0.2, 0.25) is 10.0 Å². The highest BCUT2D eigenvalue weighted by Crippen LogP contribution is 2.38. The van der Waals surface area contributed by atoms with Crippen LogP contribution in [-0.4, -0.2) is 19.6 Å². The Kier molecular flexibility index (Phi) is 10.0. The van der Waals surface area contributed by atoms with Crippen LogP contribution in [0.5, 0.6) is 11.5 Å². The molecule has 0 aliphatic carbocycles. The summed E-state index contributed by atoms with van der Waals surface area (Å²) >= 11 is 15.7. The zero-order valence-corrected chi connectivity index (χ0v) is 22.1. The van der Waals surface area contributed by atoms with E-state index in [1.807, 2.05) is 36.4 Å². The van der Waals surface area contributed by atoms with Crippen LogP contribution in [0.4, 0.5) is 0 Å². The quantitative estimate of drug-likeness (QED) is 0.161. The van der Waals surface area contributed by atoms with Crippen LogP contribution in [0.3, 0.4) is 0 Å². The second kappa shape index (κ2) is 13.2. The summed E-state index contributed by atoms with van der Waals surface area (Å²) in [5, 5.41) is 13.4. The van der Waals surface area contributed by atoms with Gasteiger partial charge < -0.3 is 14.8 Å². The number of nitrogens with zero attached hydrogens (tertiary/aromatic N) is 1. The van der Waals surface area contributed by atoms with Crippen molar-refractivity contribution >= 4 is 51.1 Å². The van der Waals surface area contributed by atoms with Crippen molar-refractivity contribution in [2.24, 2.45) is 0 Å². The van der Waals surface area contributed by atoms with Gasteiger partial charge in [-0.05, 0) is 70.2 Å². The van der Waals surface area contributed by atoms with Crippen LogP contribution in [0.1, 0.15) is 23.1 Å². The lowest BCUT2D eigenvalue weighted by Crippen LogP contribution is -2.25. The number of rotatable bonds is 10. The van der Waals surface area contributed by atoms with Crippen molar-refractivity contribution in [3.05, 3.63) is 97.4 Å². The minimum Gasteiger partial charge on any atom is -0.493 e. The summed E-state index contributed by atoms with van der Waals surface area (Å²) in [5.74, 6) is 0.490. The van der Waals surface area contributed by atoms with Gasteiger partial charge in [-0.2, -0.15) is 5.26 Å². The van der Waals surface area contributed by atoms with Crippen LogP contribution in [0, 0.1) is 11.3 Å². The van der Waals surface area contributed by atoms with Crippen LogP contribution in [0.25, 0.3) is 6.08 Å². The van der Waals surface area contributed by atoms with Crippen LogP contribution in [-0.2, 0) is 17.8 Å². The topological polar surface area (TPSA) is 71.3 Å². The number of halogens is 3. The zero-order valence-electron chi connectivity index (χ0n) is 19.0. The average Bonchev–Trinajstić information content (AvgIpc) is 2.85. The summed E-state index contributed by atoms with van der Waals surface area (Å²) in [6.45, 7) is 0.675. The maximum absolute atomic E-state index is 12.5. The first kappa shape index (κ1) is 26.6. The molecule has 3 rings (SSSR count). The molecule has 3 aromatic rings. The number of ether oxygens (including phenoxy) is 2. The fourth-order valence-electron chi connectivity index (χ4n) is 3.30. The molecule has 0 spiro atoms. The Hall–Kier alpha value is -2.98. The molecule has 0 unspecified atom stereocenters. The summed E-state index contributed by atoms with van der Waals surface area (Å²) in [6.07, 6.45) is 3.14. The Balaban J connectivity index is 1.67. The normalized spacial score (nSPS) is 11.0. The van der Waals surface area contributed by atoms with E-state index in [0.29, 0.717) is 38.1 Å². The lowest BCUT2D eigenvalue weighted by atomic mass is 10.1. The molecule has 0 saturated heterocycles. The monoisotopic (exact) mass is 572 g/mol. The molecular weight excluding hydrogens is 551 g/mol. The van der Waals surface area contributed by atoms with Gasteiger partial charge in [0.05, 0.1) is 11.6 Å². The molecule has 0 aromatic heterocycles. The van der Waals surface area contributed by atoms with Crippen molar-refractivity contribution in [3.63, 3.8) is 0 Å². The number of hydrogen-bond acceptors (Lipinski definition) is 4. The van der Waals surface area contributed by atoms with Gasteiger partial charge in [-0.15, -0.1) is 0 Å².